The van der Waals surface area contributed by atoms with E-state index < -0.39 is 11.7 Å². The van der Waals surface area contributed by atoms with Crippen LogP contribution in [0, 0.1) is 5.92 Å². The second kappa shape index (κ2) is 6.02. The van der Waals surface area contributed by atoms with Crippen molar-refractivity contribution < 1.29 is 13.2 Å². The Kier molecular flexibility index (Phi) is 3.95. The normalized spacial score (nSPS) is 23.3. The molecule has 1 fully saturated rings. The first-order valence-corrected chi connectivity index (χ1v) is 8.49. The highest BCUT2D eigenvalue weighted by atomic mass is 19.4. The van der Waals surface area contributed by atoms with Crippen LogP contribution in [0.4, 0.5) is 13.2 Å². The van der Waals surface area contributed by atoms with Gasteiger partial charge in [-0.25, -0.2) is 0 Å². The van der Waals surface area contributed by atoms with E-state index in [-0.39, 0.29) is 11.5 Å². The van der Waals surface area contributed by atoms with Gasteiger partial charge in [0.2, 0.25) is 0 Å². The Balaban J connectivity index is 1.59. The van der Waals surface area contributed by atoms with Crippen LogP contribution in [0.3, 0.4) is 0 Å². The highest BCUT2D eigenvalue weighted by Crippen LogP contribution is 2.37. The Morgan fingerprint density at radius 2 is 1.80 bits per heavy atom. The zero-order chi connectivity index (χ0) is 17.6. The number of pyridine rings is 1. The summed E-state index contributed by atoms with van der Waals surface area (Å²) in [5.74, 6) is 0.517. The van der Waals surface area contributed by atoms with Gasteiger partial charge in [-0.2, -0.15) is 13.2 Å². The van der Waals surface area contributed by atoms with Gasteiger partial charge in [-0.3, -0.25) is 9.69 Å². The van der Waals surface area contributed by atoms with Gasteiger partial charge in [0.15, 0.2) is 0 Å². The molecule has 1 aromatic carbocycles. The average molecular weight is 348 g/mol. The number of nitrogens with zero attached hydrogens (tertiary/aromatic N) is 2. The molecule has 3 nitrogen and oxygen atoms in total. The third-order valence-corrected chi connectivity index (χ3v) is 5.27. The highest BCUT2D eigenvalue weighted by molar-refractivity contribution is 5.30. The third kappa shape index (κ3) is 3.11. The second-order valence-electron chi connectivity index (χ2n) is 7.05. The molecule has 1 aromatic heterocycles. The summed E-state index contributed by atoms with van der Waals surface area (Å²) in [4.78, 5) is 14.1. The molecule has 2 bridgehead atoms. The van der Waals surface area contributed by atoms with Crippen LogP contribution in [0.2, 0.25) is 0 Å². The summed E-state index contributed by atoms with van der Waals surface area (Å²) in [6, 6.07) is 11.1. The summed E-state index contributed by atoms with van der Waals surface area (Å²) in [6.45, 7) is 2.36. The molecule has 0 spiro atoms. The number of likely N-dealkylation sites (tertiary alicyclic amines) is 1. The average Bonchev–Trinajstić information content (AvgIpc) is 2.55. The first-order valence-electron chi connectivity index (χ1n) is 8.49. The molecule has 2 aromatic rings. The molecule has 0 radical (unpaired) electrons. The Morgan fingerprint density at radius 1 is 1.00 bits per heavy atom. The molecular formula is C19H19F3N2O. The second-order valence-corrected chi connectivity index (χ2v) is 7.05. The Labute approximate surface area is 143 Å². The van der Waals surface area contributed by atoms with E-state index in [1.54, 1.807) is 24.3 Å². The highest BCUT2D eigenvalue weighted by Gasteiger charge is 2.36. The maximum absolute atomic E-state index is 13.2. The molecular weight excluding hydrogens is 329 g/mol. The van der Waals surface area contributed by atoms with E-state index in [2.05, 4.69) is 4.90 Å². The maximum atomic E-state index is 13.2. The Hall–Kier alpha value is -2.08. The smallest absolute Gasteiger partial charge is 0.312 e. The van der Waals surface area contributed by atoms with Crippen molar-refractivity contribution in [1.29, 1.82) is 0 Å². The largest absolute Gasteiger partial charge is 0.416 e. The number of piperidine rings is 1. The SMILES string of the molecule is O=c1cccc2n1C[C@H]1C[C@@H]2CN(Cc2ccccc2C(F)(F)F)C1. The molecule has 3 heterocycles. The van der Waals surface area contributed by atoms with Crippen LogP contribution in [0.25, 0.3) is 0 Å². The fourth-order valence-electron chi connectivity index (χ4n) is 4.30. The van der Waals surface area contributed by atoms with Crippen molar-refractivity contribution >= 4 is 0 Å². The summed E-state index contributed by atoms with van der Waals surface area (Å²) in [6.07, 6.45) is -3.33. The third-order valence-electron chi connectivity index (χ3n) is 5.27. The van der Waals surface area contributed by atoms with E-state index in [4.69, 9.17) is 0 Å². The molecule has 2 aliphatic rings. The number of hydrogen-bond acceptors (Lipinski definition) is 2. The van der Waals surface area contributed by atoms with Gasteiger partial charge in [0, 0.05) is 43.9 Å². The molecule has 0 aliphatic carbocycles. The lowest BCUT2D eigenvalue weighted by molar-refractivity contribution is -0.138. The van der Waals surface area contributed by atoms with Crippen LogP contribution in [-0.4, -0.2) is 22.6 Å². The van der Waals surface area contributed by atoms with Gasteiger partial charge in [0.25, 0.3) is 5.56 Å². The van der Waals surface area contributed by atoms with Crippen LogP contribution >= 0.6 is 0 Å². The molecule has 0 saturated carbocycles. The van der Waals surface area contributed by atoms with E-state index in [0.717, 1.165) is 24.7 Å². The molecule has 2 atom stereocenters. The van der Waals surface area contributed by atoms with E-state index in [1.165, 1.54) is 6.07 Å². The number of aromatic nitrogens is 1. The number of hydrogen-bond donors (Lipinski definition) is 0. The van der Waals surface area contributed by atoms with Crippen molar-refractivity contribution in [1.82, 2.24) is 9.47 Å². The quantitative estimate of drug-likeness (QED) is 0.830. The van der Waals surface area contributed by atoms with Gasteiger partial charge >= 0.3 is 6.18 Å². The minimum atomic E-state index is -4.33. The van der Waals surface area contributed by atoms with Gasteiger partial charge in [0.1, 0.15) is 0 Å². The molecule has 0 unspecified atom stereocenters. The lowest BCUT2D eigenvalue weighted by Crippen LogP contribution is -2.46. The van der Waals surface area contributed by atoms with Crippen molar-refractivity contribution in [2.45, 2.75) is 31.6 Å². The van der Waals surface area contributed by atoms with Crippen LogP contribution in [0.5, 0.6) is 0 Å². The first kappa shape index (κ1) is 16.4. The summed E-state index contributed by atoms with van der Waals surface area (Å²) in [7, 11) is 0. The molecule has 2 aliphatic heterocycles. The van der Waals surface area contributed by atoms with Crippen molar-refractivity contribution in [2.24, 2.45) is 5.92 Å². The van der Waals surface area contributed by atoms with E-state index in [1.807, 2.05) is 10.6 Å². The van der Waals surface area contributed by atoms with Crippen molar-refractivity contribution in [3.05, 3.63) is 69.6 Å². The first-order chi connectivity index (χ1) is 11.9. The van der Waals surface area contributed by atoms with Crippen LogP contribution in [0.1, 0.15) is 29.2 Å². The van der Waals surface area contributed by atoms with Crippen molar-refractivity contribution in [2.75, 3.05) is 13.1 Å². The molecule has 132 valence electrons. The summed E-state index contributed by atoms with van der Waals surface area (Å²) >= 11 is 0. The summed E-state index contributed by atoms with van der Waals surface area (Å²) < 4.78 is 41.5. The zero-order valence-electron chi connectivity index (χ0n) is 13.7. The van der Waals surface area contributed by atoms with Crippen LogP contribution < -0.4 is 5.56 Å². The van der Waals surface area contributed by atoms with E-state index >= 15 is 0 Å². The molecule has 0 N–H and O–H groups in total. The topological polar surface area (TPSA) is 25.2 Å². The Bertz CT molecular complexity index is 843. The van der Waals surface area contributed by atoms with Gasteiger partial charge in [-0.05, 0) is 30.0 Å². The fraction of sp³-hybridized carbons (Fsp3) is 0.421. The lowest BCUT2D eigenvalue weighted by Gasteiger charge is -2.43. The zero-order valence-corrected chi connectivity index (χ0v) is 13.7. The molecule has 1 saturated heterocycles. The van der Waals surface area contributed by atoms with Crippen LogP contribution in [-0.2, 0) is 19.3 Å². The predicted molar refractivity (Wildman–Crippen MR) is 88.3 cm³/mol. The number of alkyl halides is 3. The van der Waals surface area contributed by atoms with Gasteiger partial charge in [-0.1, -0.05) is 24.3 Å². The number of fused-ring (bicyclic) bond motifs is 4. The Morgan fingerprint density at radius 3 is 2.60 bits per heavy atom. The molecule has 4 rings (SSSR count). The lowest BCUT2D eigenvalue weighted by atomic mass is 9.83. The fourth-order valence-corrected chi connectivity index (χ4v) is 4.30. The standard InChI is InChI=1S/C19H19F3N2O/c20-19(21,22)16-5-2-1-4-14(16)11-23-9-13-8-15(12-23)17-6-3-7-18(25)24(17)10-13/h1-7,13,15H,8-12H2/t13-,15+/m0/s1. The molecule has 0 amide bonds. The van der Waals surface area contributed by atoms with Gasteiger partial charge in [-0.15, -0.1) is 0 Å². The summed E-state index contributed by atoms with van der Waals surface area (Å²) in [5.41, 5.74) is 0.795. The summed E-state index contributed by atoms with van der Waals surface area (Å²) in [5, 5.41) is 0. The minimum absolute atomic E-state index is 0.0167. The van der Waals surface area contributed by atoms with E-state index in [0.29, 0.717) is 31.1 Å². The minimum Gasteiger partial charge on any atom is -0.312 e. The monoisotopic (exact) mass is 348 g/mol. The number of rotatable bonds is 2. The number of benzene rings is 1. The predicted octanol–water partition coefficient (Wildman–Crippen LogP) is 3.49. The van der Waals surface area contributed by atoms with Gasteiger partial charge in [0.05, 0.1) is 5.56 Å². The number of halogens is 3. The van der Waals surface area contributed by atoms with Crippen molar-refractivity contribution in [3.8, 4) is 0 Å². The molecule has 25 heavy (non-hydrogen) atoms. The van der Waals surface area contributed by atoms with E-state index in [9.17, 15) is 18.0 Å². The maximum Gasteiger partial charge on any atom is 0.416 e. The molecule has 6 heteroatoms. The van der Waals surface area contributed by atoms with Crippen LogP contribution in [0.15, 0.2) is 47.3 Å². The van der Waals surface area contributed by atoms with Crippen molar-refractivity contribution in [3.63, 3.8) is 0 Å². The van der Waals surface area contributed by atoms with Gasteiger partial charge < -0.3 is 4.57 Å².